The van der Waals surface area contributed by atoms with Gasteiger partial charge in [-0.15, -0.1) is 0 Å². The molecule has 0 bridgehead atoms. The standard InChI is InChI=1S/C24H32N4O3S/c1-6-28(7-2)12-11-25-24(30)22-15(4)21(26-16(22)5)14-19-18-13-17(32(31)8-3)9-10-20(18)27-23(19)29/h9-10,13-14,26H,6-8,11-12H2,1-5H3,(H,25,30)(H,27,29). The van der Waals surface area contributed by atoms with Crippen LogP contribution in [0.1, 0.15) is 53.6 Å². The first-order valence-electron chi connectivity index (χ1n) is 11.1. The molecule has 2 heterocycles. The van der Waals surface area contributed by atoms with E-state index in [4.69, 9.17) is 0 Å². The monoisotopic (exact) mass is 456 g/mol. The largest absolute Gasteiger partial charge is 0.358 e. The minimum Gasteiger partial charge on any atom is -0.358 e. The minimum absolute atomic E-state index is 0.120. The molecule has 1 aromatic heterocycles. The van der Waals surface area contributed by atoms with E-state index in [1.54, 1.807) is 18.2 Å². The van der Waals surface area contributed by atoms with Gasteiger partial charge in [-0.05, 0) is 56.8 Å². The van der Waals surface area contributed by atoms with Crippen molar-refractivity contribution in [3.05, 3.63) is 46.3 Å². The van der Waals surface area contributed by atoms with Gasteiger partial charge in [0.1, 0.15) is 0 Å². The maximum atomic E-state index is 12.8. The molecule has 0 saturated heterocycles. The van der Waals surface area contributed by atoms with Crippen molar-refractivity contribution in [1.29, 1.82) is 0 Å². The summed E-state index contributed by atoms with van der Waals surface area (Å²) in [6, 6.07) is 5.38. The van der Waals surface area contributed by atoms with Crippen LogP contribution in [-0.2, 0) is 15.6 Å². The number of aromatic amines is 1. The van der Waals surface area contributed by atoms with Gasteiger partial charge in [-0.2, -0.15) is 0 Å². The van der Waals surface area contributed by atoms with E-state index < -0.39 is 10.8 Å². The Morgan fingerprint density at radius 1 is 1.19 bits per heavy atom. The first-order valence-corrected chi connectivity index (χ1v) is 12.4. The second kappa shape index (κ2) is 10.3. The van der Waals surface area contributed by atoms with E-state index in [0.29, 0.717) is 34.0 Å². The van der Waals surface area contributed by atoms with Crippen molar-refractivity contribution >= 4 is 40.0 Å². The van der Waals surface area contributed by atoms with Crippen LogP contribution in [0.5, 0.6) is 0 Å². The van der Waals surface area contributed by atoms with Crippen LogP contribution >= 0.6 is 0 Å². The number of likely N-dealkylation sites (N-methyl/N-ethyl adjacent to an activating group) is 1. The second-order valence-corrected chi connectivity index (χ2v) is 9.54. The van der Waals surface area contributed by atoms with Gasteiger partial charge >= 0.3 is 0 Å². The number of aromatic nitrogens is 1. The maximum Gasteiger partial charge on any atom is 0.256 e. The predicted molar refractivity (Wildman–Crippen MR) is 130 cm³/mol. The van der Waals surface area contributed by atoms with Crippen molar-refractivity contribution in [3.8, 4) is 0 Å². The molecular weight excluding hydrogens is 424 g/mol. The van der Waals surface area contributed by atoms with E-state index in [1.807, 2.05) is 26.8 Å². The highest BCUT2D eigenvalue weighted by atomic mass is 32.2. The third kappa shape index (κ3) is 4.86. The summed E-state index contributed by atoms with van der Waals surface area (Å²) in [5.41, 5.74) is 4.80. The van der Waals surface area contributed by atoms with Crippen molar-refractivity contribution < 1.29 is 13.8 Å². The number of nitrogens with one attached hydrogen (secondary N) is 3. The van der Waals surface area contributed by atoms with Crippen molar-refractivity contribution in [3.63, 3.8) is 0 Å². The second-order valence-electron chi connectivity index (χ2n) is 7.80. The van der Waals surface area contributed by atoms with E-state index in [-0.39, 0.29) is 11.8 Å². The van der Waals surface area contributed by atoms with E-state index >= 15 is 0 Å². The average Bonchev–Trinajstić information content (AvgIpc) is 3.25. The molecule has 3 N–H and O–H groups in total. The first kappa shape index (κ1) is 23.9. The Morgan fingerprint density at radius 2 is 1.91 bits per heavy atom. The summed E-state index contributed by atoms with van der Waals surface area (Å²) in [5, 5.41) is 5.86. The van der Waals surface area contributed by atoms with E-state index in [1.165, 1.54) is 0 Å². The third-order valence-electron chi connectivity index (χ3n) is 5.90. The molecule has 3 rings (SSSR count). The van der Waals surface area contributed by atoms with Crippen LogP contribution in [0.25, 0.3) is 11.6 Å². The zero-order valence-electron chi connectivity index (χ0n) is 19.4. The van der Waals surface area contributed by atoms with Gasteiger partial charge in [0.05, 0.1) is 21.9 Å². The van der Waals surface area contributed by atoms with Crippen LogP contribution in [0, 0.1) is 13.8 Å². The summed E-state index contributed by atoms with van der Waals surface area (Å²) in [4.78, 5) is 31.7. The molecule has 8 heteroatoms. The van der Waals surface area contributed by atoms with Gasteiger partial charge in [0.25, 0.3) is 11.8 Å². The minimum atomic E-state index is -1.10. The molecule has 2 amide bonds. The molecule has 172 valence electrons. The molecule has 1 aromatic carbocycles. The molecule has 7 nitrogen and oxygen atoms in total. The summed E-state index contributed by atoms with van der Waals surface area (Å²) >= 11 is 0. The summed E-state index contributed by atoms with van der Waals surface area (Å²) in [6.45, 7) is 13.1. The number of benzene rings is 1. The molecule has 1 aliphatic rings. The average molecular weight is 457 g/mol. The van der Waals surface area contributed by atoms with Gasteiger partial charge in [0, 0.05) is 46.4 Å². The smallest absolute Gasteiger partial charge is 0.256 e. The molecule has 2 aromatic rings. The predicted octanol–water partition coefficient (Wildman–Crippen LogP) is 3.32. The van der Waals surface area contributed by atoms with Crippen LogP contribution < -0.4 is 10.6 Å². The molecular formula is C24H32N4O3S. The van der Waals surface area contributed by atoms with Gasteiger partial charge in [-0.1, -0.05) is 20.8 Å². The number of hydrogen-bond donors (Lipinski definition) is 3. The molecule has 0 saturated carbocycles. The number of nitrogens with zero attached hydrogens (tertiary/aromatic N) is 1. The van der Waals surface area contributed by atoms with E-state index in [9.17, 15) is 13.8 Å². The summed E-state index contributed by atoms with van der Waals surface area (Å²) in [7, 11) is -1.10. The summed E-state index contributed by atoms with van der Waals surface area (Å²) in [5.74, 6) is 0.183. The molecule has 0 aliphatic carbocycles. The van der Waals surface area contributed by atoms with Crippen molar-refractivity contribution in [2.45, 2.75) is 39.5 Å². The van der Waals surface area contributed by atoms with Crippen molar-refractivity contribution in [2.75, 3.05) is 37.2 Å². The Balaban J connectivity index is 1.87. The summed E-state index contributed by atoms with van der Waals surface area (Å²) < 4.78 is 12.2. The fourth-order valence-corrected chi connectivity index (χ4v) is 4.78. The fourth-order valence-electron chi connectivity index (χ4n) is 3.98. The van der Waals surface area contributed by atoms with Crippen LogP contribution in [0.3, 0.4) is 0 Å². The number of anilines is 1. The Bertz CT molecular complexity index is 1080. The van der Waals surface area contributed by atoms with Crippen LogP contribution in [0.15, 0.2) is 23.1 Å². The molecule has 0 spiro atoms. The number of hydrogen-bond acceptors (Lipinski definition) is 4. The Labute approximate surface area is 192 Å². The van der Waals surface area contributed by atoms with Crippen LogP contribution in [0.4, 0.5) is 5.69 Å². The SMILES string of the molecule is CCN(CC)CCNC(=O)c1c(C)[nH]c(C=C2C(=O)Nc3ccc(S(=O)CC)cc32)c1C. The van der Waals surface area contributed by atoms with Crippen LogP contribution in [-0.4, -0.2) is 57.8 Å². The Hall–Kier alpha value is -2.71. The highest BCUT2D eigenvalue weighted by Crippen LogP contribution is 2.35. The lowest BCUT2D eigenvalue weighted by atomic mass is 10.0. The number of carbonyl (C=O) groups is 2. The normalized spacial score (nSPS) is 15.2. The van der Waals surface area contributed by atoms with Gasteiger partial charge in [-0.3, -0.25) is 13.8 Å². The van der Waals surface area contributed by atoms with Gasteiger partial charge in [0.15, 0.2) is 0 Å². The highest BCUT2D eigenvalue weighted by molar-refractivity contribution is 7.85. The fraction of sp³-hybridized carbons (Fsp3) is 0.417. The zero-order chi connectivity index (χ0) is 23.4. The number of carbonyl (C=O) groups excluding carboxylic acids is 2. The number of H-pyrrole nitrogens is 1. The zero-order valence-corrected chi connectivity index (χ0v) is 20.2. The Morgan fingerprint density at radius 3 is 2.56 bits per heavy atom. The topological polar surface area (TPSA) is 94.3 Å². The maximum absolute atomic E-state index is 12.8. The Kier molecular flexibility index (Phi) is 7.69. The molecule has 1 atom stereocenters. The lowest BCUT2D eigenvalue weighted by Crippen LogP contribution is -2.35. The number of rotatable bonds is 9. The van der Waals surface area contributed by atoms with E-state index in [2.05, 4.69) is 34.4 Å². The highest BCUT2D eigenvalue weighted by Gasteiger charge is 2.26. The summed E-state index contributed by atoms with van der Waals surface area (Å²) in [6.07, 6.45) is 1.77. The van der Waals surface area contributed by atoms with Crippen LogP contribution in [0.2, 0.25) is 0 Å². The molecule has 0 fully saturated rings. The third-order valence-corrected chi connectivity index (χ3v) is 7.20. The first-order chi connectivity index (χ1) is 15.3. The quantitative estimate of drug-likeness (QED) is 0.505. The number of amides is 2. The molecule has 1 unspecified atom stereocenters. The van der Waals surface area contributed by atoms with Gasteiger partial charge < -0.3 is 20.5 Å². The molecule has 32 heavy (non-hydrogen) atoms. The number of aryl methyl sites for hydroxylation is 1. The van der Waals surface area contributed by atoms with E-state index in [0.717, 1.165) is 42.1 Å². The van der Waals surface area contributed by atoms with Crippen molar-refractivity contribution in [2.24, 2.45) is 0 Å². The van der Waals surface area contributed by atoms with Crippen molar-refractivity contribution in [1.82, 2.24) is 15.2 Å². The molecule has 1 aliphatic heterocycles. The van der Waals surface area contributed by atoms with Gasteiger partial charge in [-0.25, -0.2) is 0 Å². The lowest BCUT2D eigenvalue weighted by molar-refractivity contribution is -0.110. The van der Waals surface area contributed by atoms with Gasteiger partial charge in [0.2, 0.25) is 0 Å². The lowest BCUT2D eigenvalue weighted by Gasteiger charge is -2.18. The number of fused-ring (bicyclic) bond motifs is 1. The molecule has 0 radical (unpaired) electrons.